The maximum Gasteiger partial charge on any atom is 0.222 e. The van der Waals surface area contributed by atoms with Crippen LogP contribution in [0, 0.1) is 0 Å². The maximum absolute atomic E-state index is 11.6. The van der Waals surface area contributed by atoms with Gasteiger partial charge in [-0.2, -0.15) is 0 Å². The second-order valence-electron chi connectivity index (χ2n) is 3.78. The van der Waals surface area contributed by atoms with E-state index in [-0.39, 0.29) is 5.91 Å². The Morgan fingerprint density at radius 1 is 1.40 bits per heavy atom. The molecule has 2 heterocycles. The lowest BCUT2D eigenvalue weighted by molar-refractivity contribution is -0.133. The van der Waals surface area contributed by atoms with Crippen molar-refractivity contribution in [1.82, 2.24) is 9.88 Å². The normalized spacial score (nSPS) is 16.9. The number of amides is 1. The van der Waals surface area contributed by atoms with Crippen LogP contribution in [0.25, 0.3) is 0 Å². The lowest BCUT2D eigenvalue weighted by Crippen LogP contribution is -2.34. The first-order chi connectivity index (χ1) is 7.25. The van der Waals surface area contributed by atoms with Crippen molar-refractivity contribution in [2.75, 3.05) is 6.54 Å². The summed E-state index contributed by atoms with van der Waals surface area (Å²) in [7, 11) is 0. The van der Waals surface area contributed by atoms with E-state index in [1.807, 2.05) is 17.2 Å². The van der Waals surface area contributed by atoms with Crippen molar-refractivity contribution in [1.29, 1.82) is 0 Å². The molecule has 1 fully saturated rings. The third kappa shape index (κ3) is 2.78. The zero-order valence-corrected chi connectivity index (χ0v) is 10.0. The minimum Gasteiger partial charge on any atom is -0.338 e. The summed E-state index contributed by atoms with van der Waals surface area (Å²) in [5.74, 6) is 0.265. The Balaban J connectivity index is 2.04. The summed E-state index contributed by atoms with van der Waals surface area (Å²) < 4.78 is 0.962. The van der Waals surface area contributed by atoms with Crippen LogP contribution in [-0.2, 0) is 11.3 Å². The number of carbonyl (C=O) groups is 1. The van der Waals surface area contributed by atoms with Crippen molar-refractivity contribution in [2.45, 2.75) is 25.8 Å². The summed E-state index contributed by atoms with van der Waals surface area (Å²) in [6.45, 7) is 1.57. The molecule has 3 nitrogen and oxygen atoms in total. The fourth-order valence-corrected chi connectivity index (χ4v) is 2.20. The zero-order chi connectivity index (χ0) is 10.7. The minimum atomic E-state index is 0.265. The van der Waals surface area contributed by atoms with Gasteiger partial charge in [0.2, 0.25) is 5.91 Å². The molecule has 0 unspecified atom stereocenters. The fraction of sp³-hybridized carbons (Fsp3) is 0.455. The number of piperidine rings is 1. The highest BCUT2D eigenvalue weighted by atomic mass is 79.9. The summed E-state index contributed by atoms with van der Waals surface area (Å²) in [6.07, 6.45) is 6.41. The molecule has 0 aliphatic carbocycles. The van der Waals surface area contributed by atoms with E-state index < -0.39 is 0 Å². The van der Waals surface area contributed by atoms with Gasteiger partial charge in [-0.1, -0.05) is 0 Å². The number of aromatic nitrogens is 1. The van der Waals surface area contributed by atoms with Gasteiger partial charge in [0.25, 0.3) is 0 Å². The molecule has 0 N–H and O–H groups in total. The van der Waals surface area contributed by atoms with Gasteiger partial charge in [-0.3, -0.25) is 9.78 Å². The molecule has 0 radical (unpaired) electrons. The Hall–Kier alpha value is -0.900. The number of rotatable bonds is 2. The monoisotopic (exact) mass is 268 g/mol. The lowest BCUT2D eigenvalue weighted by atomic mass is 10.1. The molecule has 0 atom stereocenters. The molecule has 0 aromatic carbocycles. The largest absolute Gasteiger partial charge is 0.338 e. The fourth-order valence-electron chi connectivity index (χ4n) is 1.79. The summed E-state index contributed by atoms with van der Waals surface area (Å²) in [5.41, 5.74) is 1.08. The number of halogens is 1. The van der Waals surface area contributed by atoms with Crippen molar-refractivity contribution in [3.8, 4) is 0 Å². The molecular formula is C11H13BrN2O. The van der Waals surface area contributed by atoms with Gasteiger partial charge in [0.1, 0.15) is 0 Å². The lowest BCUT2D eigenvalue weighted by Gasteiger charge is -2.26. The quantitative estimate of drug-likeness (QED) is 0.825. The predicted octanol–water partition coefficient (Wildman–Crippen LogP) is 2.36. The van der Waals surface area contributed by atoms with Crippen LogP contribution in [0.3, 0.4) is 0 Å². The first-order valence-electron chi connectivity index (χ1n) is 5.13. The van der Waals surface area contributed by atoms with Crippen LogP contribution < -0.4 is 0 Å². The first-order valence-corrected chi connectivity index (χ1v) is 5.92. The van der Waals surface area contributed by atoms with E-state index in [1.54, 1.807) is 6.20 Å². The van der Waals surface area contributed by atoms with Crippen LogP contribution in [0.2, 0.25) is 0 Å². The molecule has 1 aromatic heterocycles. The highest BCUT2D eigenvalue weighted by Crippen LogP contribution is 2.16. The summed E-state index contributed by atoms with van der Waals surface area (Å²) in [4.78, 5) is 17.6. The van der Waals surface area contributed by atoms with Gasteiger partial charge < -0.3 is 4.90 Å². The summed E-state index contributed by atoms with van der Waals surface area (Å²) in [5, 5.41) is 0. The van der Waals surface area contributed by atoms with Gasteiger partial charge in [0, 0.05) is 36.4 Å². The molecule has 1 amide bonds. The molecule has 0 bridgehead atoms. The maximum atomic E-state index is 11.6. The van der Waals surface area contributed by atoms with Crippen LogP contribution in [0.1, 0.15) is 24.8 Å². The summed E-state index contributed by atoms with van der Waals surface area (Å²) in [6, 6.07) is 2.01. The summed E-state index contributed by atoms with van der Waals surface area (Å²) >= 11 is 3.38. The Morgan fingerprint density at radius 2 is 2.27 bits per heavy atom. The first kappa shape index (κ1) is 10.6. The average molecular weight is 269 g/mol. The molecule has 0 saturated carbocycles. The van der Waals surface area contributed by atoms with Crippen molar-refractivity contribution in [3.63, 3.8) is 0 Å². The smallest absolute Gasteiger partial charge is 0.222 e. The second kappa shape index (κ2) is 4.75. The van der Waals surface area contributed by atoms with Crippen LogP contribution in [0.4, 0.5) is 0 Å². The van der Waals surface area contributed by atoms with Crippen LogP contribution in [-0.4, -0.2) is 22.3 Å². The van der Waals surface area contributed by atoms with Crippen molar-refractivity contribution < 1.29 is 4.79 Å². The van der Waals surface area contributed by atoms with E-state index in [1.165, 1.54) is 0 Å². The van der Waals surface area contributed by atoms with Gasteiger partial charge >= 0.3 is 0 Å². The van der Waals surface area contributed by atoms with Crippen molar-refractivity contribution in [2.24, 2.45) is 0 Å². The van der Waals surface area contributed by atoms with Crippen molar-refractivity contribution in [3.05, 3.63) is 28.5 Å². The van der Waals surface area contributed by atoms with Gasteiger partial charge in [-0.15, -0.1) is 0 Å². The van der Waals surface area contributed by atoms with Gasteiger partial charge in [-0.05, 0) is 40.4 Å². The highest BCUT2D eigenvalue weighted by molar-refractivity contribution is 9.10. The number of pyridine rings is 1. The number of nitrogens with zero attached hydrogens (tertiary/aromatic N) is 2. The van der Waals surface area contributed by atoms with E-state index in [2.05, 4.69) is 20.9 Å². The predicted molar refractivity (Wildman–Crippen MR) is 61.2 cm³/mol. The molecule has 2 rings (SSSR count). The van der Waals surface area contributed by atoms with Gasteiger partial charge in [0.05, 0.1) is 0 Å². The third-order valence-corrected chi connectivity index (χ3v) is 2.99. The Morgan fingerprint density at radius 3 is 3.00 bits per heavy atom. The van der Waals surface area contributed by atoms with E-state index in [4.69, 9.17) is 0 Å². The van der Waals surface area contributed by atoms with E-state index in [0.29, 0.717) is 13.0 Å². The number of hydrogen-bond donors (Lipinski definition) is 0. The molecule has 0 spiro atoms. The van der Waals surface area contributed by atoms with Gasteiger partial charge in [-0.25, -0.2) is 0 Å². The molecule has 4 heteroatoms. The number of hydrogen-bond acceptors (Lipinski definition) is 2. The molecule has 1 aliphatic rings. The molecule has 1 aliphatic heterocycles. The Bertz CT molecular complexity index is 367. The molecule has 1 aromatic rings. The average Bonchev–Trinajstić information content (AvgIpc) is 2.22. The van der Waals surface area contributed by atoms with Crippen LogP contribution in [0.15, 0.2) is 22.9 Å². The number of carbonyl (C=O) groups excluding carboxylic acids is 1. The third-order valence-electron chi connectivity index (χ3n) is 2.56. The molecule has 1 saturated heterocycles. The van der Waals surface area contributed by atoms with E-state index in [9.17, 15) is 4.79 Å². The number of likely N-dealkylation sites (tertiary alicyclic amines) is 1. The molecular weight excluding hydrogens is 256 g/mol. The minimum absolute atomic E-state index is 0.265. The highest BCUT2D eigenvalue weighted by Gasteiger charge is 2.17. The molecule has 80 valence electrons. The van der Waals surface area contributed by atoms with E-state index >= 15 is 0 Å². The Kier molecular flexibility index (Phi) is 3.36. The van der Waals surface area contributed by atoms with Crippen LogP contribution >= 0.6 is 15.9 Å². The van der Waals surface area contributed by atoms with E-state index in [0.717, 1.165) is 29.4 Å². The topological polar surface area (TPSA) is 33.2 Å². The molecule has 15 heavy (non-hydrogen) atoms. The zero-order valence-electron chi connectivity index (χ0n) is 8.45. The van der Waals surface area contributed by atoms with Gasteiger partial charge in [0.15, 0.2) is 0 Å². The second-order valence-corrected chi connectivity index (χ2v) is 4.70. The standard InChI is InChI=1S/C11H13BrN2O/c12-10-5-9(6-13-7-10)8-14-4-2-1-3-11(14)15/h5-7H,1-4,8H2. The van der Waals surface area contributed by atoms with Crippen LogP contribution in [0.5, 0.6) is 0 Å². The SMILES string of the molecule is O=C1CCCCN1Cc1cncc(Br)c1. The van der Waals surface area contributed by atoms with Crippen molar-refractivity contribution >= 4 is 21.8 Å². The Labute approximate surface area is 97.6 Å².